The van der Waals surface area contributed by atoms with E-state index in [9.17, 15) is 14.3 Å². The maximum absolute atomic E-state index is 13.7. The molecule has 0 bridgehead atoms. The van der Waals surface area contributed by atoms with Gasteiger partial charge in [0.25, 0.3) is 0 Å². The fraction of sp³-hybridized carbons (Fsp3) is 0.500. The molecule has 1 saturated carbocycles. The van der Waals surface area contributed by atoms with E-state index >= 15 is 0 Å². The molecule has 1 aromatic rings. The molecule has 0 saturated heterocycles. The van der Waals surface area contributed by atoms with E-state index in [1.54, 1.807) is 0 Å². The Morgan fingerprint density at radius 3 is 2.89 bits per heavy atom. The molecule has 98 valence electrons. The van der Waals surface area contributed by atoms with Crippen LogP contribution < -0.4 is 0 Å². The largest absolute Gasteiger partial charge is 0.481 e. The van der Waals surface area contributed by atoms with Crippen LogP contribution in [-0.2, 0) is 11.2 Å². The van der Waals surface area contributed by atoms with Crippen molar-refractivity contribution in [3.8, 4) is 0 Å². The van der Waals surface area contributed by atoms with Gasteiger partial charge in [-0.25, -0.2) is 4.39 Å². The van der Waals surface area contributed by atoms with Gasteiger partial charge < -0.3 is 5.11 Å². The van der Waals surface area contributed by atoms with Crippen LogP contribution in [0.25, 0.3) is 0 Å². The van der Waals surface area contributed by atoms with Crippen molar-refractivity contribution in [2.45, 2.75) is 32.6 Å². The zero-order chi connectivity index (χ0) is 13.3. The average molecular weight is 271 g/mol. The van der Waals surface area contributed by atoms with Gasteiger partial charge in [-0.05, 0) is 55.4 Å². The second kappa shape index (κ2) is 4.88. The smallest absolute Gasteiger partial charge is 0.309 e. The molecule has 0 spiro atoms. The second-order valence-electron chi connectivity index (χ2n) is 5.35. The van der Waals surface area contributed by atoms with Crippen LogP contribution in [-0.4, -0.2) is 11.1 Å². The van der Waals surface area contributed by atoms with Crippen molar-refractivity contribution in [1.82, 2.24) is 0 Å². The van der Waals surface area contributed by atoms with E-state index in [0.29, 0.717) is 29.3 Å². The first kappa shape index (κ1) is 13.3. The number of hydrogen-bond acceptors (Lipinski definition) is 1. The summed E-state index contributed by atoms with van der Waals surface area (Å²) in [6.45, 7) is 2.04. The van der Waals surface area contributed by atoms with Crippen LogP contribution >= 0.6 is 11.6 Å². The number of benzene rings is 1. The minimum Gasteiger partial charge on any atom is -0.481 e. The summed E-state index contributed by atoms with van der Waals surface area (Å²) in [7, 11) is 0. The van der Waals surface area contributed by atoms with Gasteiger partial charge in [-0.3, -0.25) is 4.79 Å². The molecule has 1 aliphatic rings. The second-order valence-corrected chi connectivity index (χ2v) is 5.78. The molecule has 1 aromatic carbocycles. The van der Waals surface area contributed by atoms with Crippen molar-refractivity contribution in [3.05, 3.63) is 34.6 Å². The van der Waals surface area contributed by atoms with Gasteiger partial charge in [-0.15, -0.1) is 0 Å². The van der Waals surface area contributed by atoms with Gasteiger partial charge in [-0.2, -0.15) is 0 Å². The molecule has 2 atom stereocenters. The molecule has 0 radical (unpaired) electrons. The molecule has 0 aromatic heterocycles. The van der Waals surface area contributed by atoms with E-state index in [4.69, 9.17) is 11.6 Å². The fourth-order valence-corrected chi connectivity index (χ4v) is 3.06. The molecule has 18 heavy (non-hydrogen) atoms. The first-order valence-corrected chi connectivity index (χ1v) is 6.48. The molecule has 0 heterocycles. The summed E-state index contributed by atoms with van der Waals surface area (Å²) in [6.07, 6.45) is 2.32. The number of carboxylic acids is 1. The van der Waals surface area contributed by atoms with E-state index < -0.39 is 11.4 Å². The quantitative estimate of drug-likeness (QED) is 0.904. The van der Waals surface area contributed by atoms with Crippen molar-refractivity contribution in [2.24, 2.45) is 11.3 Å². The Morgan fingerprint density at radius 1 is 1.61 bits per heavy atom. The third-order valence-corrected chi connectivity index (χ3v) is 4.08. The monoisotopic (exact) mass is 270 g/mol. The Bertz CT molecular complexity index is 475. The summed E-state index contributed by atoms with van der Waals surface area (Å²) in [5.41, 5.74) is -0.427. The van der Waals surface area contributed by atoms with E-state index in [2.05, 4.69) is 0 Å². The molecular weight excluding hydrogens is 255 g/mol. The van der Waals surface area contributed by atoms with E-state index in [1.807, 2.05) is 6.92 Å². The Labute approximate surface area is 111 Å². The SMILES string of the molecule is CC1CCC(Cc2cc(Cl)ccc2F)(C(=O)O)C1. The topological polar surface area (TPSA) is 37.3 Å². The Morgan fingerprint density at radius 2 is 2.33 bits per heavy atom. The van der Waals surface area contributed by atoms with E-state index in [1.165, 1.54) is 18.2 Å². The lowest BCUT2D eigenvalue weighted by Crippen LogP contribution is -2.31. The highest BCUT2D eigenvalue weighted by atomic mass is 35.5. The number of aliphatic carboxylic acids is 1. The first-order chi connectivity index (χ1) is 8.43. The third-order valence-electron chi connectivity index (χ3n) is 3.85. The number of hydrogen-bond donors (Lipinski definition) is 1. The van der Waals surface area contributed by atoms with Gasteiger partial charge in [-0.1, -0.05) is 18.5 Å². The number of carbonyl (C=O) groups is 1. The van der Waals surface area contributed by atoms with Crippen LogP contribution in [0.5, 0.6) is 0 Å². The van der Waals surface area contributed by atoms with Crippen molar-refractivity contribution in [3.63, 3.8) is 0 Å². The number of halogens is 2. The van der Waals surface area contributed by atoms with Crippen LogP contribution in [0.1, 0.15) is 31.7 Å². The standard InChI is InChI=1S/C14H16ClFO2/c1-9-4-5-14(7-9,13(17)18)8-10-6-11(15)2-3-12(10)16/h2-3,6,9H,4-5,7-8H2,1H3,(H,17,18). The predicted molar refractivity (Wildman–Crippen MR) is 68.2 cm³/mol. The lowest BCUT2D eigenvalue weighted by molar-refractivity contribution is -0.148. The van der Waals surface area contributed by atoms with Gasteiger partial charge in [0.1, 0.15) is 5.82 Å². The minimum atomic E-state index is -0.828. The van der Waals surface area contributed by atoms with Crippen molar-refractivity contribution < 1.29 is 14.3 Å². The van der Waals surface area contributed by atoms with E-state index in [0.717, 1.165) is 6.42 Å². The molecule has 0 aliphatic heterocycles. The van der Waals surface area contributed by atoms with Gasteiger partial charge in [0.2, 0.25) is 0 Å². The maximum atomic E-state index is 13.7. The fourth-order valence-electron chi connectivity index (χ4n) is 2.87. The summed E-state index contributed by atoms with van der Waals surface area (Å²) >= 11 is 5.84. The third kappa shape index (κ3) is 2.51. The zero-order valence-corrected chi connectivity index (χ0v) is 11.0. The zero-order valence-electron chi connectivity index (χ0n) is 10.2. The van der Waals surface area contributed by atoms with Gasteiger partial charge >= 0.3 is 5.97 Å². The molecule has 4 heteroatoms. The van der Waals surface area contributed by atoms with Crippen LogP contribution in [0.2, 0.25) is 5.02 Å². The van der Waals surface area contributed by atoms with Gasteiger partial charge in [0.05, 0.1) is 5.41 Å². The minimum absolute atomic E-state index is 0.221. The highest BCUT2D eigenvalue weighted by Crippen LogP contribution is 2.44. The summed E-state index contributed by atoms with van der Waals surface area (Å²) < 4.78 is 13.7. The molecule has 2 rings (SSSR count). The van der Waals surface area contributed by atoms with Crippen molar-refractivity contribution in [1.29, 1.82) is 0 Å². The number of carboxylic acid groups (broad SMARTS) is 1. The first-order valence-electron chi connectivity index (χ1n) is 6.10. The Balaban J connectivity index is 2.30. The highest BCUT2D eigenvalue weighted by Gasteiger charge is 2.44. The van der Waals surface area contributed by atoms with Crippen molar-refractivity contribution >= 4 is 17.6 Å². The number of rotatable bonds is 3. The Hall–Kier alpha value is -1.09. The molecule has 1 fully saturated rings. The molecule has 1 N–H and O–H groups in total. The maximum Gasteiger partial charge on any atom is 0.309 e. The van der Waals surface area contributed by atoms with Crippen LogP contribution in [0.15, 0.2) is 18.2 Å². The predicted octanol–water partition coefficient (Wildman–Crippen LogP) is 3.91. The molecule has 1 aliphatic carbocycles. The lowest BCUT2D eigenvalue weighted by Gasteiger charge is -2.24. The normalized spacial score (nSPS) is 27.4. The summed E-state index contributed by atoms with van der Waals surface area (Å²) in [5, 5.41) is 9.89. The van der Waals surface area contributed by atoms with Crippen molar-refractivity contribution in [2.75, 3.05) is 0 Å². The van der Waals surface area contributed by atoms with Crippen LogP contribution in [0, 0.1) is 17.2 Å². The highest BCUT2D eigenvalue weighted by molar-refractivity contribution is 6.30. The average Bonchev–Trinajstić information content (AvgIpc) is 2.67. The van der Waals surface area contributed by atoms with E-state index in [-0.39, 0.29) is 12.2 Å². The van der Waals surface area contributed by atoms with Crippen LogP contribution in [0.4, 0.5) is 4.39 Å². The summed E-state index contributed by atoms with van der Waals surface area (Å²) in [5.74, 6) is -0.825. The van der Waals surface area contributed by atoms with Gasteiger partial charge in [0, 0.05) is 5.02 Å². The summed E-state index contributed by atoms with van der Waals surface area (Å²) in [6, 6.07) is 4.31. The molecular formula is C14H16ClFO2. The van der Waals surface area contributed by atoms with Crippen LogP contribution in [0.3, 0.4) is 0 Å². The lowest BCUT2D eigenvalue weighted by atomic mass is 9.79. The molecule has 0 amide bonds. The summed E-state index contributed by atoms with van der Waals surface area (Å²) in [4.78, 5) is 11.5. The molecule has 2 unspecified atom stereocenters. The van der Waals surface area contributed by atoms with Gasteiger partial charge in [0.15, 0.2) is 0 Å². The Kier molecular flexibility index (Phi) is 3.62. The molecule has 2 nitrogen and oxygen atoms in total.